The summed E-state index contributed by atoms with van der Waals surface area (Å²) >= 11 is 5.99. The van der Waals surface area contributed by atoms with Gasteiger partial charge in [0.25, 0.3) is 0 Å². The molecule has 96 valence electrons. The van der Waals surface area contributed by atoms with E-state index in [0.717, 1.165) is 5.69 Å². The van der Waals surface area contributed by atoms with E-state index in [0.29, 0.717) is 16.4 Å². The molecule has 18 heavy (non-hydrogen) atoms. The van der Waals surface area contributed by atoms with Gasteiger partial charge in [-0.15, -0.1) is 5.10 Å². The summed E-state index contributed by atoms with van der Waals surface area (Å²) in [5.74, 6) is 0.175. The third-order valence-corrected chi connectivity index (χ3v) is 3.07. The van der Waals surface area contributed by atoms with Crippen LogP contribution in [0.5, 0.6) is 0 Å². The van der Waals surface area contributed by atoms with Crippen LogP contribution in [0, 0.1) is 5.82 Å². The summed E-state index contributed by atoms with van der Waals surface area (Å²) in [7, 11) is 0. The molecule has 0 amide bonds. The van der Waals surface area contributed by atoms with Crippen LogP contribution in [0.4, 0.5) is 10.2 Å². The fraction of sp³-hybridized carbons (Fsp3) is 0.333. The summed E-state index contributed by atoms with van der Waals surface area (Å²) in [6.07, 6.45) is 0. The summed E-state index contributed by atoms with van der Waals surface area (Å²) in [5, 5.41) is 8.12. The predicted octanol–water partition coefficient (Wildman–Crippen LogP) is 2.82. The number of benzene rings is 1. The third-order valence-electron chi connectivity index (χ3n) is 2.72. The molecule has 0 aliphatic carbocycles. The van der Waals surface area contributed by atoms with Gasteiger partial charge in [-0.2, -0.15) is 0 Å². The lowest BCUT2D eigenvalue weighted by Gasteiger charge is -2.11. The summed E-state index contributed by atoms with van der Waals surface area (Å²) < 4.78 is 15.3. The average Bonchev–Trinajstić information content (AvgIpc) is 2.65. The maximum atomic E-state index is 13.7. The van der Waals surface area contributed by atoms with Crippen LogP contribution >= 0.6 is 11.6 Å². The van der Waals surface area contributed by atoms with E-state index >= 15 is 0 Å². The molecule has 0 radical (unpaired) electrons. The van der Waals surface area contributed by atoms with Crippen LogP contribution in [0.2, 0.25) is 5.02 Å². The lowest BCUT2D eigenvalue weighted by Crippen LogP contribution is -2.10. The van der Waals surface area contributed by atoms with Crippen molar-refractivity contribution in [3.63, 3.8) is 0 Å². The molecule has 1 heterocycles. The van der Waals surface area contributed by atoms with Crippen LogP contribution in [-0.4, -0.2) is 15.0 Å². The maximum Gasteiger partial charge on any atom is 0.169 e. The molecule has 6 heteroatoms. The first-order chi connectivity index (χ1) is 8.50. The zero-order chi connectivity index (χ0) is 13.3. The van der Waals surface area contributed by atoms with Gasteiger partial charge in [-0.3, -0.25) is 0 Å². The molecule has 2 N–H and O–H groups in total. The summed E-state index contributed by atoms with van der Waals surface area (Å²) in [6.45, 7) is 4.19. The van der Waals surface area contributed by atoms with E-state index in [1.807, 2.05) is 13.8 Å². The standard InChI is InChI=1S/C12H14ClFN4/c1-7(2)11-12(15)16-17-18(11)6-8-9(13)4-3-5-10(8)14/h3-5,7H,6,15H2,1-2H3. The molecular formula is C12H14ClFN4. The minimum atomic E-state index is -0.355. The Morgan fingerprint density at radius 3 is 2.78 bits per heavy atom. The molecule has 1 aromatic carbocycles. The van der Waals surface area contributed by atoms with Crippen LogP contribution in [0.25, 0.3) is 0 Å². The number of halogens is 2. The van der Waals surface area contributed by atoms with Gasteiger partial charge in [-0.1, -0.05) is 36.7 Å². The van der Waals surface area contributed by atoms with Crippen molar-refractivity contribution < 1.29 is 4.39 Å². The SMILES string of the molecule is CC(C)c1c(N)nnn1Cc1c(F)cccc1Cl. The van der Waals surface area contributed by atoms with Gasteiger partial charge in [0, 0.05) is 10.6 Å². The molecule has 2 aromatic rings. The van der Waals surface area contributed by atoms with E-state index in [1.165, 1.54) is 6.07 Å². The Balaban J connectivity index is 2.41. The fourth-order valence-electron chi connectivity index (χ4n) is 1.88. The molecule has 2 rings (SSSR count). The molecule has 0 aliphatic heterocycles. The van der Waals surface area contributed by atoms with Crippen molar-refractivity contribution >= 4 is 17.4 Å². The van der Waals surface area contributed by atoms with Crippen LogP contribution in [0.15, 0.2) is 18.2 Å². The van der Waals surface area contributed by atoms with E-state index < -0.39 is 0 Å². The molecule has 0 bridgehead atoms. The van der Waals surface area contributed by atoms with Crippen LogP contribution < -0.4 is 5.73 Å². The van der Waals surface area contributed by atoms with E-state index in [1.54, 1.807) is 16.8 Å². The van der Waals surface area contributed by atoms with Crippen molar-refractivity contribution in [2.45, 2.75) is 26.3 Å². The van der Waals surface area contributed by atoms with Gasteiger partial charge in [-0.05, 0) is 18.1 Å². The van der Waals surface area contributed by atoms with Gasteiger partial charge in [0.05, 0.1) is 12.2 Å². The van der Waals surface area contributed by atoms with E-state index in [4.69, 9.17) is 17.3 Å². The Morgan fingerprint density at radius 1 is 1.44 bits per heavy atom. The van der Waals surface area contributed by atoms with E-state index in [9.17, 15) is 4.39 Å². The molecule has 0 saturated heterocycles. The lowest BCUT2D eigenvalue weighted by atomic mass is 10.1. The van der Waals surface area contributed by atoms with Gasteiger partial charge >= 0.3 is 0 Å². The monoisotopic (exact) mass is 268 g/mol. The topological polar surface area (TPSA) is 56.7 Å². The summed E-state index contributed by atoms with van der Waals surface area (Å²) in [5.41, 5.74) is 6.93. The first-order valence-electron chi connectivity index (χ1n) is 5.62. The zero-order valence-corrected chi connectivity index (χ0v) is 10.9. The van der Waals surface area contributed by atoms with Crippen LogP contribution in [0.3, 0.4) is 0 Å². The van der Waals surface area contributed by atoms with Gasteiger partial charge in [0.1, 0.15) is 5.82 Å². The molecule has 0 spiro atoms. The smallest absolute Gasteiger partial charge is 0.169 e. The summed E-state index contributed by atoms with van der Waals surface area (Å²) in [4.78, 5) is 0. The first kappa shape index (κ1) is 12.8. The number of nitrogen functional groups attached to an aromatic ring is 1. The second-order valence-electron chi connectivity index (χ2n) is 4.37. The maximum absolute atomic E-state index is 13.7. The summed E-state index contributed by atoms with van der Waals surface area (Å²) in [6, 6.07) is 4.59. The van der Waals surface area contributed by atoms with Crippen molar-refractivity contribution in [2.24, 2.45) is 0 Å². The Morgan fingerprint density at radius 2 is 2.17 bits per heavy atom. The Kier molecular flexibility index (Phi) is 3.52. The third kappa shape index (κ3) is 2.31. The Bertz CT molecular complexity index is 545. The van der Waals surface area contributed by atoms with Gasteiger partial charge in [-0.25, -0.2) is 9.07 Å². The number of hydrogen-bond donors (Lipinski definition) is 1. The van der Waals surface area contributed by atoms with Gasteiger partial charge < -0.3 is 5.73 Å². The van der Waals surface area contributed by atoms with E-state index in [2.05, 4.69) is 10.3 Å². The second-order valence-corrected chi connectivity index (χ2v) is 4.78. The number of nitrogens with zero attached hydrogens (tertiary/aromatic N) is 3. The zero-order valence-electron chi connectivity index (χ0n) is 10.2. The van der Waals surface area contributed by atoms with Crippen molar-refractivity contribution in [1.29, 1.82) is 0 Å². The normalized spacial score (nSPS) is 11.2. The number of rotatable bonds is 3. The Hall–Kier alpha value is -1.62. The number of hydrogen-bond acceptors (Lipinski definition) is 3. The quantitative estimate of drug-likeness (QED) is 0.931. The second kappa shape index (κ2) is 4.94. The molecular weight excluding hydrogens is 255 g/mol. The van der Waals surface area contributed by atoms with E-state index in [-0.39, 0.29) is 18.3 Å². The molecule has 0 unspecified atom stereocenters. The first-order valence-corrected chi connectivity index (χ1v) is 6.00. The molecule has 0 fully saturated rings. The molecule has 4 nitrogen and oxygen atoms in total. The van der Waals surface area contributed by atoms with Gasteiger partial charge in [0.15, 0.2) is 5.82 Å². The highest BCUT2D eigenvalue weighted by atomic mass is 35.5. The number of anilines is 1. The number of nitrogens with two attached hydrogens (primary N) is 1. The van der Waals surface area contributed by atoms with Crippen LogP contribution in [0.1, 0.15) is 31.0 Å². The highest BCUT2D eigenvalue weighted by molar-refractivity contribution is 6.31. The minimum Gasteiger partial charge on any atom is -0.381 e. The molecule has 0 aliphatic rings. The van der Waals surface area contributed by atoms with Gasteiger partial charge in [0.2, 0.25) is 0 Å². The molecule has 1 aromatic heterocycles. The number of aromatic nitrogens is 3. The minimum absolute atomic E-state index is 0.158. The highest BCUT2D eigenvalue weighted by Crippen LogP contribution is 2.24. The molecule has 0 atom stereocenters. The predicted molar refractivity (Wildman–Crippen MR) is 69.0 cm³/mol. The van der Waals surface area contributed by atoms with Crippen molar-refractivity contribution in [1.82, 2.24) is 15.0 Å². The van der Waals surface area contributed by atoms with Crippen LogP contribution in [-0.2, 0) is 6.54 Å². The lowest BCUT2D eigenvalue weighted by molar-refractivity contribution is 0.557. The highest BCUT2D eigenvalue weighted by Gasteiger charge is 2.16. The van der Waals surface area contributed by atoms with Crippen molar-refractivity contribution in [3.8, 4) is 0 Å². The average molecular weight is 269 g/mol. The van der Waals surface area contributed by atoms with Crippen molar-refractivity contribution in [2.75, 3.05) is 5.73 Å². The Labute approximate surface area is 110 Å². The fourth-order valence-corrected chi connectivity index (χ4v) is 2.10. The van der Waals surface area contributed by atoms with Crippen molar-refractivity contribution in [3.05, 3.63) is 40.3 Å². The molecule has 0 saturated carbocycles. The largest absolute Gasteiger partial charge is 0.381 e.